The van der Waals surface area contributed by atoms with Gasteiger partial charge >= 0.3 is 11.9 Å². The summed E-state index contributed by atoms with van der Waals surface area (Å²) in [5, 5.41) is 2.60. The van der Waals surface area contributed by atoms with E-state index >= 15 is 0 Å². The average molecular weight is 556 g/mol. The molecule has 3 aliphatic rings. The number of carbonyl (C=O) groups is 3. The Morgan fingerprint density at radius 1 is 1.18 bits per heavy atom. The Labute approximate surface area is 234 Å². The number of thioether (sulfide) groups is 1. The maximum absolute atomic E-state index is 13.6. The molecule has 2 unspecified atom stereocenters. The van der Waals surface area contributed by atoms with Crippen molar-refractivity contribution in [1.82, 2.24) is 9.80 Å². The van der Waals surface area contributed by atoms with E-state index in [4.69, 9.17) is 19.2 Å². The highest BCUT2D eigenvalue weighted by molar-refractivity contribution is 8.16. The van der Waals surface area contributed by atoms with Gasteiger partial charge in [0.1, 0.15) is 11.4 Å². The first-order valence-electron chi connectivity index (χ1n) is 13.3. The van der Waals surface area contributed by atoms with Crippen molar-refractivity contribution in [3.8, 4) is 5.75 Å². The molecule has 0 radical (unpaired) electrons. The number of methoxy groups -OCH3 is 1. The Hall–Kier alpha value is -3.27. The number of nitrogens with zero attached hydrogens (tertiary/aromatic N) is 3. The summed E-state index contributed by atoms with van der Waals surface area (Å²) in [7, 11) is 1.59. The predicted octanol–water partition coefficient (Wildman–Crippen LogP) is 4.80. The highest BCUT2D eigenvalue weighted by Crippen LogP contribution is 2.47. The minimum atomic E-state index is -0.697. The number of fused-ring (bicyclic) bond motifs is 1. The molecule has 1 aromatic rings. The van der Waals surface area contributed by atoms with Crippen LogP contribution in [0.2, 0.25) is 0 Å². The molecule has 9 nitrogen and oxygen atoms in total. The fourth-order valence-electron chi connectivity index (χ4n) is 5.07. The molecular formula is C29H37N3O6S. The summed E-state index contributed by atoms with van der Waals surface area (Å²) in [6.07, 6.45) is 1.56. The highest BCUT2D eigenvalue weighted by Gasteiger charge is 2.43. The zero-order valence-electron chi connectivity index (χ0n) is 23.5. The van der Waals surface area contributed by atoms with Crippen LogP contribution in [0.5, 0.6) is 5.75 Å². The number of amidine groups is 1. The molecule has 4 rings (SSSR count). The smallest absolute Gasteiger partial charge is 0.338 e. The number of aliphatic imine (C=N–C) groups is 1. The van der Waals surface area contributed by atoms with Crippen molar-refractivity contribution in [2.24, 2.45) is 10.9 Å². The summed E-state index contributed by atoms with van der Waals surface area (Å²) in [6.45, 7) is 10.3. The van der Waals surface area contributed by atoms with Crippen molar-refractivity contribution in [1.29, 1.82) is 0 Å². The Balaban J connectivity index is 1.65. The monoisotopic (exact) mass is 555 g/mol. The maximum atomic E-state index is 13.6. The Bertz CT molecular complexity index is 1230. The van der Waals surface area contributed by atoms with Crippen molar-refractivity contribution < 1.29 is 28.6 Å². The molecule has 1 aromatic carbocycles. The van der Waals surface area contributed by atoms with Gasteiger partial charge in [-0.05, 0) is 58.9 Å². The van der Waals surface area contributed by atoms with Gasteiger partial charge in [-0.25, -0.2) is 9.79 Å². The minimum absolute atomic E-state index is 0.0824. The van der Waals surface area contributed by atoms with Crippen molar-refractivity contribution in [3.63, 3.8) is 0 Å². The fraction of sp³-hybridized carbons (Fsp3) is 0.517. The number of carbonyl (C=O) groups excluding carboxylic acids is 3. The SMILES string of the molecule is CCOC(=O)C1CCCN(C(=O)CC2=CSC3=NC(C)=C(C(=O)OC(C)(C)C)C(c4ccccc4OC)N23)C1. The summed E-state index contributed by atoms with van der Waals surface area (Å²) in [4.78, 5) is 47.8. The number of rotatable bonds is 7. The van der Waals surface area contributed by atoms with Crippen LogP contribution in [0.1, 0.15) is 65.5 Å². The quantitative estimate of drug-likeness (QED) is 0.443. The van der Waals surface area contributed by atoms with Crippen LogP contribution in [0.25, 0.3) is 0 Å². The number of benzene rings is 1. The van der Waals surface area contributed by atoms with Gasteiger partial charge in [-0.15, -0.1) is 0 Å². The van der Waals surface area contributed by atoms with E-state index in [9.17, 15) is 14.4 Å². The second-order valence-corrected chi connectivity index (χ2v) is 11.6. The molecule has 1 saturated heterocycles. The predicted molar refractivity (Wildman–Crippen MR) is 150 cm³/mol. The molecule has 3 heterocycles. The molecule has 10 heteroatoms. The van der Waals surface area contributed by atoms with Crippen molar-refractivity contribution in [2.45, 2.75) is 65.5 Å². The van der Waals surface area contributed by atoms with E-state index in [0.29, 0.717) is 48.3 Å². The molecule has 0 N–H and O–H groups in total. The number of piperidine rings is 1. The Morgan fingerprint density at radius 3 is 2.62 bits per heavy atom. The molecule has 0 bridgehead atoms. The van der Waals surface area contributed by atoms with Crippen molar-refractivity contribution >= 4 is 34.8 Å². The first-order valence-corrected chi connectivity index (χ1v) is 14.2. The molecule has 1 fully saturated rings. The summed E-state index contributed by atoms with van der Waals surface area (Å²) < 4.78 is 16.7. The first kappa shape index (κ1) is 28.7. The van der Waals surface area contributed by atoms with Gasteiger partial charge < -0.3 is 24.0 Å². The number of allylic oxidation sites excluding steroid dienone is 1. The zero-order chi connectivity index (χ0) is 28.3. The van der Waals surface area contributed by atoms with Gasteiger partial charge in [0.25, 0.3) is 0 Å². The number of para-hydroxylation sites is 1. The highest BCUT2D eigenvalue weighted by atomic mass is 32.2. The number of hydrogen-bond acceptors (Lipinski definition) is 9. The minimum Gasteiger partial charge on any atom is -0.496 e. The summed E-state index contributed by atoms with van der Waals surface area (Å²) in [5.74, 6) is -0.494. The van der Waals surface area contributed by atoms with E-state index in [2.05, 4.69) is 0 Å². The normalized spacial score (nSPS) is 21.2. The van der Waals surface area contributed by atoms with Crippen LogP contribution in [-0.4, -0.2) is 65.2 Å². The molecule has 1 amide bonds. The van der Waals surface area contributed by atoms with Gasteiger partial charge in [-0.1, -0.05) is 30.0 Å². The van der Waals surface area contributed by atoms with Crippen LogP contribution in [0.15, 0.2) is 51.6 Å². The number of ether oxygens (including phenoxy) is 3. The molecule has 210 valence electrons. The molecule has 0 saturated carbocycles. The van der Waals surface area contributed by atoms with Crippen LogP contribution in [-0.2, 0) is 23.9 Å². The Morgan fingerprint density at radius 2 is 1.92 bits per heavy atom. The van der Waals surface area contributed by atoms with Crippen LogP contribution in [0.4, 0.5) is 0 Å². The third-order valence-corrected chi connectivity index (χ3v) is 7.67. The van der Waals surface area contributed by atoms with Gasteiger partial charge in [-0.2, -0.15) is 0 Å². The zero-order valence-corrected chi connectivity index (χ0v) is 24.3. The molecular weight excluding hydrogens is 518 g/mol. The van der Waals surface area contributed by atoms with Crippen molar-refractivity contribution in [2.75, 3.05) is 26.8 Å². The largest absolute Gasteiger partial charge is 0.496 e. The number of amides is 1. The molecule has 39 heavy (non-hydrogen) atoms. The van der Waals surface area contributed by atoms with E-state index < -0.39 is 17.6 Å². The second-order valence-electron chi connectivity index (χ2n) is 10.7. The van der Waals surface area contributed by atoms with Gasteiger partial charge in [0.15, 0.2) is 5.17 Å². The first-order chi connectivity index (χ1) is 18.5. The van der Waals surface area contributed by atoms with E-state index in [-0.39, 0.29) is 24.2 Å². The standard InChI is InChI=1S/C29H37N3O6S/c1-7-37-26(34)19-11-10-14-31(16-19)23(33)15-20-17-39-28-30-18(2)24(27(35)38-29(3,4)5)25(32(20)28)21-12-8-9-13-22(21)36-6/h8-9,12-13,17,19,25H,7,10-11,14-16H2,1-6H3. The fourth-order valence-corrected chi connectivity index (χ4v) is 6.04. The van der Waals surface area contributed by atoms with E-state index in [1.165, 1.54) is 11.8 Å². The van der Waals surface area contributed by atoms with E-state index in [1.54, 1.807) is 25.9 Å². The molecule has 3 aliphatic heterocycles. The third-order valence-electron chi connectivity index (χ3n) is 6.78. The number of likely N-dealkylation sites (tertiary alicyclic amines) is 1. The number of hydrogen-bond donors (Lipinski definition) is 0. The maximum Gasteiger partial charge on any atom is 0.338 e. The van der Waals surface area contributed by atoms with Crippen LogP contribution in [0.3, 0.4) is 0 Å². The third kappa shape index (κ3) is 6.32. The van der Waals surface area contributed by atoms with Crippen LogP contribution >= 0.6 is 11.8 Å². The van der Waals surface area contributed by atoms with Crippen molar-refractivity contribution in [3.05, 3.63) is 52.2 Å². The lowest BCUT2D eigenvalue weighted by molar-refractivity contribution is -0.152. The topological polar surface area (TPSA) is 97.7 Å². The van der Waals surface area contributed by atoms with Gasteiger partial charge in [0.2, 0.25) is 5.91 Å². The van der Waals surface area contributed by atoms with E-state index in [0.717, 1.165) is 17.7 Å². The lowest BCUT2D eigenvalue weighted by atomic mass is 9.92. The summed E-state index contributed by atoms with van der Waals surface area (Å²) in [5.41, 5.74) is 1.77. The van der Waals surface area contributed by atoms with Gasteiger partial charge in [0, 0.05) is 24.4 Å². The lowest BCUT2D eigenvalue weighted by Crippen LogP contribution is -2.44. The summed E-state index contributed by atoms with van der Waals surface area (Å²) >= 11 is 1.42. The second kappa shape index (κ2) is 11.9. The van der Waals surface area contributed by atoms with Crippen LogP contribution in [0, 0.1) is 5.92 Å². The van der Waals surface area contributed by atoms with Gasteiger partial charge in [-0.3, -0.25) is 9.59 Å². The van der Waals surface area contributed by atoms with Gasteiger partial charge in [0.05, 0.1) is 43.4 Å². The molecule has 0 spiro atoms. The molecule has 0 aliphatic carbocycles. The molecule has 0 aromatic heterocycles. The number of esters is 2. The lowest BCUT2D eigenvalue weighted by Gasteiger charge is -2.38. The van der Waals surface area contributed by atoms with E-state index in [1.807, 2.05) is 55.3 Å². The molecule has 2 atom stereocenters. The summed E-state index contributed by atoms with van der Waals surface area (Å²) in [6, 6.07) is 6.95. The average Bonchev–Trinajstić information content (AvgIpc) is 3.28. The Kier molecular flexibility index (Phi) is 8.73. The van der Waals surface area contributed by atoms with Crippen LogP contribution < -0.4 is 4.74 Å².